The second-order valence-corrected chi connectivity index (χ2v) is 8.84. The molecule has 0 radical (unpaired) electrons. The van der Waals surface area contributed by atoms with Gasteiger partial charge in [-0.1, -0.05) is 34.6 Å². The summed E-state index contributed by atoms with van der Waals surface area (Å²) < 4.78 is 0. The van der Waals surface area contributed by atoms with Crippen LogP contribution in [0.15, 0.2) is 0 Å². The van der Waals surface area contributed by atoms with E-state index in [9.17, 15) is 4.79 Å². The van der Waals surface area contributed by atoms with Crippen molar-refractivity contribution in [1.82, 2.24) is 10.6 Å². The first-order valence-electron chi connectivity index (χ1n) is 7.97. The van der Waals surface area contributed by atoms with E-state index >= 15 is 0 Å². The van der Waals surface area contributed by atoms with E-state index in [1.54, 1.807) is 0 Å². The summed E-state index contributed by atoms with van der Waals surface area (Å²) >= 11 is 0. The summed E-state index contributed by atoms with van der Waals surface area (Å²) in [7, 11) is 0. The van der Waals surface area contributed by atoms with Crippen LogP contribution in [0.5, 0.6) is 0 Å². The molecule has 1 aliphatic rings. The van der Waals surface area contributed by atoms with Gasteiger partial charge in [0, 0.05) is 11.0 Å². The number of carbonyl (C=O) groups excluding carboxylic acids is 1. The average Bonchev–Trinajstić information content (AvgIpc) is 2.26. The molecule has 1 fully saturated rings. The Kier molecular flexibility index (Phi) is 5.29. The molecule has 1 aliphatic heterocycles. The SMILES string of the molecule is CC(C)(C)CC(C)(C)NC(=O)C(C)(C)C1CCCNC1. The lowest BCUT2D eigenvalue weighted by Gasteiger charge is -2.40. The molecule has 0 spiro atoms. The lowest BCUT2D eigenvalue weighted by molar-refractivity contribution is -0.134. The highest BCUT2D eigenvalue weighted by Crippen LogP contribution is 2.34. The second kappa shape index (κ2) is 6.05. The second-order valence-electron chi connectivity index (χ2n) is 8.84. The Morgan fingerprint density at radius 3 is 2.20 bits per heavy atom. The zero-order chi connectivity index (χ0) is 15.6. The Labute approximate surface area is 125 Å². The van der Waals surface area contributed by atoms with Crippen LogP contribution < -0.4 is 10.6 Å². The Balaban J connectivity index is 2.68. The van der Waals surface area contributed by atoms with Gasteiger partial charge in [-0.3, -0.25) is 4.79 Å². The van der Waals surface area contributed by atoms with Crippen molar-refractivity contribution in [2.75, 3.05) is 13.1 Å². The van der Waals surface area contributed by atoms with Crippen molar-refractivity contribution in [2.45, 2.75) is 73.3 Å². The highest BCUT2D eigenvalue weighted by atomic mass is 16.2. The number of amides is 1. The molecule has 0 aromatic heterocycles. The Morgan fingerprint density at radius 1 is 1.15 bits per heavy atom. The number of hydrogen-bond donors (Lipinski definition) is 2. The Morgan fingerprint density at radius 2 is 1.75 bits per heavy atom. The summed E-state index contributed by atoms with van der Waals surface area (Å²) in [4.78, 5) is 12.7. The van der Waals surface area contributed by atoms with Crippen molar-refractivity contribution in [3.63, 3.8) is 0 Å². The zero-order valence-electron chi connectivity index (χ0n) is 14.5. The molecule has 1 heterocycles. The van der Waals surface area contributed by atoms with E-state index in [-0.39, 0.29) is 22.3 Å². The third-order valence-corrected chi connectivity index (χ3v) is 4.33. The fourth-order valence-corrected chi connectivity index (χ4v) is 3.49. The summed E-state index contributed by atoms with van der Waals surface area (Å²) in [5.41, 5.74) is -0.245. The van der Waals surface area contributed by atoms with Gasteiger partial charge in [0.05, 0.1) is 0 Å². The van der Waals surface area contributed by atoms with Crippen molar-refractivity contribution in [1.29, 1.82) is 0 Å². The van der Waals surface area contributed by atoms with Gasteiger partial charge in [-0.2, -0.15) is 0 Å². The maximum absolute atomic E-state index is 12.7. The lowest BCUT2D eigenvalue weighted by atomic mass is 9.73. The van der Waals surface area contributed by atoms with Gasteiger partial charge in [0.2, 0.25) is 5.91 Å². The molecular formula is C17H34N2O. The molecule has 3 heteroatoms. The maximum Gasteiger partial charge on any atom is 0.226 e. The first-order valence-corrected chi connectivity index (χ1v) is 7.97. The minimum Gasteiger partial charge on any atom is -0.351 e. The predicted molar refractivity (Wildman–Crippen MR) is 85.7 cm³/mol. The normalized spacial score (nSPS) is 21.6. The fourth-order valence-electron chi connectivity index (χ4n) is 3.49. The van der Waals surface area contributed by atoms with Gasteiger partial charge >= 0.3 is 0 Å². The molecular weight excluding hydrogens is 248 g/mol. The predicted octanol–water partition coefficient (Wildman–Crippen LogP) is 3.34. The minimum atomic E-state index is -0.303. The van der Waals surface area contributed by atoms with Crippen LogP contribution in [-0.4, -0.2) is 24.5 Å². The topological polar surface area (TPSA) is 41.1 Å². The van der Waals surface area contributed by atoms with E-state index in [0.29, 0.717) is 5.92 Å². The van der Waals surface area contributed by atoms with E-state index in [1.165, 1.54) is 6.42 Å². The molecule has 1 atom stereocenters. The van der Waals surface area contributed by atoms with Crippen molar-refractivity contribution >= 4 is 5.91 Å². The largest absolute Gasteiger partial charge is 0.351 e. The highest BCUT2D eigenvalue weighted by Gasteiger charge is 2.39. The highest BCUT2D eigenvalue weighted by molar-refractivity contribution is 5.82. The third-order valence-electron chi connectivity index (χ3n) is 4.33. The first kappa shape index (κ1) is 17.5. The average molecular weight is 282 g/mol. The minimum absolute atomic E-state index is 0.158. The van der Waals surface area contributed by atoms with Crippen LogP contribution in [-0.2, 0) is 4.79 Å². The molecule has 2 N–H and O–H groups in total. The van der Waals surface area contributed by atoms with Crippen molar-refractivity contribution in [2.24, 2.45) is 16.7 Å². The molecule has 20 heavy (non-hydrogen) atoms. The zero-order valence-corrected chi connectivity index (χ0v) is 14.5. The summed E-state index contributed by atoms with van der Waals surface area (Å²) in [5.74, 6) is 0.627. The van der Waals surface area contributed by atoms with Crippen LogP contribution >= 0.6 is 0 Å². The van der Waals surface area contributed by atoms with E-state index < -0.39 is 0 Å². The summed E-state index contributed by atoms with van der Waals surface area (Å²) in [6, 6.07) is 0. The molecule has 3 nitrogen and oxygen atoms in total. The van der Waals surface area contributed by atoms with E-state index in [4.69, 9.17) is 0 Å². The lowest BCUT2D eigenvalue weighted by Crippen LogP contribution is -2.54. The van der Waals surface area contributed by atoms with Crippen LogP contribution in [0, 0.1) is 16.7 Å². The van der Waals surface area contributed by atoms with Gasteiger partial charge in [-0.15, -0.1) is 0 Å². The molecule has 1 rings (SSSR count). The molecule has 0 aliphatic carbocycles. The van der Waals surface area contributed by atoms with E-state index in [2.05, 4.69) is 59.1 Å². The quantitative estimate of drug-likeness (QED) is 0.830. The van der Waals surface area contributed by atoms with Gasteiger partial charge < -0.3 is 10.6 Å². The van der Waals surface area contributed by atoms with Crippen LogP contribution in [0.3, 0.4) is 0 Å². The van der Waals surface area contributed by atoms with Gasteiger partial charge in [0.25, 0.3) is 0 Å². The number of piperidine rings is 1. The molecule has 0 aromatic carbocycles. The van der Waals surface area contributed by atoms with Crippen molar-refractivity contribution < 1.29 is 4.79 Å². The first-order chi connectivity index (χ1) is 8.94. The number of rotatable bonds is 4. The van der Waals surface area contributed by atoms with Crippen LogP contribution in [0.25, 0.3) is 0 Å². The number of nitrogens with one attached hydrogen (secondary N) is 2. The van der Waals surface area contributed by atoms with E-state index in [0.717, 1.165) is 25.9 Å². The number of carbonyl (C=O) groups is 1. The van der Waals surface area contributed by atoms with Crippen LogP contribution in [0.2, 0.25) is 0 Å². The number of hydrogen-bond acceptors (Lipinski definition) is 2. The summed E-state index contributed by atoms with van der Waals surface area (Å²) in [6.45, 7) is 17.1. The van der Waals surface area contributed by atoms with Gasteiger partial charge in [0.1, 0.15) is 0 Å². The van der Waals surface area contributed by atoms with Crippen molar-refractivity contribution in [3.8, 4) is 0 Å². The van der Waals surface area contributed by atoms with Crippen LogP contribution in [0.4, 0.5) is 0 Å². The van der Waals surface area contributed by atoms with E-state index in [1.807, 2.05) is 0 Å². The smallest absolute Gasteiger partial charge is 0.226 e. The molecule has 0 aromatic rings. The maximum atomic E-state index is 12.7. The molecule has 118 valence electrons. The Hall–Kier alpha value is -0.570. The molecule has 1 saturated heterocycles. The third kappa shape index (κ3) is 5.08. The van der Waals surface area contributed by atoms with Gasteiger partial charge in [0.15, 0.2) is 0 Å². The molecule has 1 amide bonds. The molecule has 0 saturated carbocycles. The summed E-state index contributed by atoms with van der Waals surface area (Å²) in [5, 5.41) is 6.70. The van der Waals surface area contributed by atoms with Crippen LogP contribution in [0.1, 0.15) is 67.7 Å². The summed E-state index contributed by atoms with van der Waals surface area (Å²) in [6.07, 6.45) is 3.30. The molecule has 0 bridgehead atoms. The Bertz CT molecular complexity index is 333. The standard InChI is InChI=1S/C17H34N2O/c1-15(2,3)12-16(4,5)19-14(20)17(6,7)13-9-8-10-18-11-13/h13,18H,8-12H2,1-7H3,(H,19,20). The van der Waals surface area contributed by atoms with Crippen molar-refractivity contribution in [3.05, 3.63) is 0 Å². The van der Waals surface area contributed by atoms with Gasteiger partial charge in [-0.05, 0) is 57.5 Å². The monoisotopic (exact) mass is 282 g/mol. The fraction of sp³-hybridized carbons (Fsp3) is 0.941. The van der Waals surface area contributed by atoms with Gasteiger partial charge in [-0.25, -0.2) is 0 Å². The molecule has 1 unspecified atom stereocenters.